The van der Waals surface area contributed by atoms with Gasteiger partial charge >= 0.3 is 0 Å². The van der Waals surface area contributed by atoms with Crippen molar-refractivity contribution >= 4 is 29.0 Å². The first-order valence-corrected chi connectivity index (χ1v) is 7.83. The number of hydrogen-bond donors (Lipinski definition) is 1. The van der Waals surface area contributed by atoms with E-state index in [9.17, 15) is 4.79 Å². The van der Waals surface area contributed by atoms with Crippen LogP contribution in [0.3, 0.4) is 0 Å². The van der Waals surface area contributed by atoms with Gasteiger partial charge in [0.05, 0.1) is 29.9 Å². The molecule has 116 valence electrons. The maximum absolute atomic E-state index is 12.6. The zero-order valence-corrected chi connectivity index (χ0v) is 13.2. The quantitative estimate of drug-likeness (QED) is 0.942. The number of aromatic amines is 1. The highest BCUT2D eigenvalue weighted by molar-refractivity contribution is 6.32. The third-order valence-corrected chi connectivity index (χ3v) is 4.16. The van der Waals surface area contributed by atoms with Crippen molar-refractivity contribution in [1.29, 1.82) is 5.26 Å². The number of anilines is 2. The monoisotopic (exact) mass is 327 g/mol. The average Bonchev–Trinajstić information content (AvgIpc) is 3.09. The van der Waals surface area contributed by atoms with Gasteiger partial charge in [-0.15, -0.1) is 0 Å². The van der Waals surface area contributed by atoms with E-state index in [0.717, 1.165) is 31.7 Å². The van der Waals surface area contributed by atoms with Crippen LogP contribution in [0.4, 0.5) is 11.5 Å². The number of carbonyl (C=O) groups is 1. The number of nitrogens with one attached hydrogen (secondary N) is 2. The third kappa shape index (κ3) is 3.27. The molecule has 1 saturated heterocycles. The van der Waals surface area contributed by atoms with E-state index in [1.807, 2.05) is 12.3 Å². The van der Waals surface area contributed by atoms with E-state index >= 15 is 0 Å². The molecule has 6 heteroatoms. The SMILES string of the molecule is N#Cc1ccc(NC(=O)c2ccc[nH+]c2N2CCCC2)cc1Cl. The number of benzene rings is 1. The molecular formula is C17H16ClN4O+. The van der Waals surface area contributed by atoms with Crippen LogP contribution >= 0.6 is 11.6 Å². The van der Waals surface area contributed by atoms with Gasteiger partial charge in [-0.1, -0.05) is 11.6 Å². The van der Waals surface area contributed by atoms with Crippen LogP contribution in [-0.4, -0.2) is 19.0 Å². The molecule has 5 nitrogen and oxygen atoms in total. The van der Waals surface area contributed by atoms with Gasteiger partial charge in [-0.05, 0) is 43.2 Å². The van der Waals surface area contributed by atoms with Crippen molar-refractivity contribution in [2.45, 2.75) is 12.8 Å². The zero-order valence-electron chi connectivity index (χ0n) is 12.5. The summed E-state index contributed by atoms with van der Waals surface area (Å²) in [7, 11) is 0. The average molecular weight is 328 g/mol. The van der Waals surface area contributed by atoms with Gasteiger partial charge in [0.2, 0.25) is 0 Å². The Bertz CT molecular complexity index is 778. The number of amides is 1. The first kappa shape index (κ1) is 15.3. The summed E-state index contributed by atoms with van der Waals surface area (Å²) in [6.07, 6.45) is 4.09. The van der Waals surface area contributed by atoms with Crippen molar-refractivity contribution in [3.63, 3.8) is 0 Å². The minimum atomic E-state index is -0.204. The Morgan fingerprint density at radius 2 is 2.09 bits per heavy atom. The van der Waals surface area contributed by atoms with Crippen LogP contribution in [0.15, 0.2) is 36.5 Å². The van der Waals surface area contributed by atoms with E-state index in [4.69, 9.17) is 16.9 Å². The number of halogens is 1. The Kier molecular flexibility index (Phi) is 4.45. The Balaban J connectivity index is 1.84. The van der Waals surface area contributed by atoms with Crippen LogP contribution in [0.25, 0.3) is 0 Å². The number of nitriles is 1. The largest absolute Gasteiger partial charge is 0.322 e. The molecule has 0 radical (unpaired) electrons. The van der Waals surface area contributed by atoms with Crippen LogP contribution in [0, 0.1) is 11.3 Å². The Morgan fingerprint density at radius 1 is 1.30 bits per heavy atom. The molecule has 2 aromatic rings. The molecule has 0 aliphatic carbocycles. The highest BCUT2D eigenvalue weighted by Crippen LogP contribution is 2.23. The number of nitrogens with zero attached hydrogens (tertiary/aromatic N) is 2. The molecule has 23 heavy (non-hydrogen) atoms. The molecule has 2 N–H and O–H groups in total. The highest BCUT2D eigenvalue weighted by Gasteiger charge is 2.26. The molecule has 1 aliphatic rings. The molecule has 0 unspecified atom stereocenters. The lowest BCUT2D eigenvalue weighted by molar-refractivity contribution is -0.364. The fraction of sp³-hybridized carbons (Fsp3) is 0.235. The summed E-state index contributed by atoms with van der Waals surface area (Å²) in [5.41, 5.74) is 1.54. The number of H-pyrrole nitrogens is 1. The number of hydrogen-bond acceptors (Lipinski definition) is 3. The Hall–Kier alpha value is -2.58. The van der Waals surface area contributed by atoms with Crippen LogP contribution in [-0.2, 0) is 0 Å². The second-order valence-electron chi connectivity index (χ2n) is 5.39. The van der Waals surface area contributed by atoms with Gasteiger partial charge < -0.3 is 5.32 Å². The molecule has 1 aromatic heterocycles. The molecule has 0 saturated carbocycles. The molecule has 0 atom stereocenters. The molecule has 1 aromatic carbocycles. The van der Waals surface area contributed by atoms with E-state index in [2.05, 4.69) is 15.2 Å². The fourth-order valence-corrected chi connectivity index (χ4v) is 2.92. The molecular weight excluding hydrogens is 312 g/mol. The van der Waals surface area contributed by atoms with E-state index in [1.54, 1.807) is 30.3 Å². The lowest BCUT2D eigenvalue weighted by Crippen LogP contribution is -2.29. The van der Waals surface area contributed by atoms with Gasteiger partial charge in [0, 0.05) is 5.69 Å². The van der Waals surface area contributed by atoms with Crippen LogP contribution < -0.4 is 15.2 Å². The van der Waals surface area contributed by atoms with Gasteiger partial charge in [0.1, 0.15) is 11.6 Å². The minimum absolute atomic E-state index is 0.204. The molecule has 1 fully saturated rings. The summed E-state index contributed by atoms with van der Waals surface area (Å²) >= 11 is 6.01. The third-order valence-electron chi connectivity index (χ3n) is 3.85. The highest BCUT2D eigenvalue weighted by atomic mass is 35.5. The molecule has 0 spiro atoms. The van der Waals surface area contributed by atoms with Crippen molar-refractivity contribution in [3.8, 4) is 6.07 Å². The number of aromatic nitrogens is 1. The number of pyridine rings is 1. The smallest absolute Gasteiger partial charge is 0.287 e. The van der Waals surface area contributed by atoms with Gasteiger partial charge in [0.25, 0.3) is 11.7 Å². The number of rotatable bonds is 3. The second-order valence-corrected chi connectivity index (χ2v) is 5.79. The van der Waals surface area contributed by atoms with Crippen LogP contribution in [0.1, 0.15) is 28.8 Å². The Morgan fingerprint density at radius 3 is 2.78 bits per heavy atom. The fourth-order valence-electron chi connectivity index (χ4n) is 2.70. The molecule has 2 heterocycles. The van der Waals surface area contributed by atoms with Crippen molar-refractivity contribution in [3.05, 3.63) is 52.7 Å². The van der Waals surface area contributed by atoms with Crippen molar-refractivity contribution in [2.75, 3.05) is 23.3 Å². The number of carbonyl (C=O) groups excluding carboxylic acids is 1. The Labute approximate surface area is 139 Å². The van der Waals surface area contributed by atoms with Crippen molar-refractivity contribution < 1.29 is 9.78 Å². The molecule has 1 amide bonds. The molecule has 1 aliphatic heterocycles. The van der Waals surface area contributed by atoms with Crippen molar-refractivity contribution in [1.82, 2.24) is 0 Å². The van der Waals surface area contributed by atoms with Gasteiger partial charge in [-0.3, -0.25) is 9.69 Å². The van der Waals surface area contributed by atoms with Crippen LogP contribution in [0.5, 0.6) is 0 Å². The summed E-state index contributed by atoms with van der Waals surface area (Å²) < 4.78 is 0. The lowest BCUT2D eigenvalue weighted by Gasteiger charge is -2.12. The molecule has 3 rings (SSSR count). The predicted octanol–water partition coefficient (Wildman–Crippen LogP) is 2.88. The van der Waals surface area contributed by atoms with E-state index in [-0.39, 0.29) is 5.91 Å². The van der Waals surface area contributed by atoms with E-state index in [1.165, 1.54) is 0 Å². The summed E-state index contributed by atoms with van der Waals surface area (Å²) in [5, 5.41) is 12.1. The maximum Gasteiger partial charge on any atom is 0.287 e. The normalized spacial score (nSPS) is 13.7. The maximum atomic E-state index is 12.6. The summed E-state index contributed by atoms with van der Waals surface area (Å²) in [6, 6.07) is 10.4. The van der Waals surface area contributed by atoms with Gasteiger partial charge in [-0.25, -0.2) is 4.98 Å². The lowest BCUT2D eigenvalue weighted by atomic mass is 10.2. The van der Waals surface area contributed by atoms with E-state index in [0.29, 0.717) is 21.8 Å². The molecule has 0 bridgehead atoms. The minimum Gasteiger partial charge on any atom is -0.322 e. The summed E-state index contributed by atoms with van der Waals surface area (Å²) in [5.74, 6) is 0.631. The first-order chi connectivity index (χ1) is 11.2. The standard InChI is InChI=1S/C17H15ClN4O/c18-15-10-13(6-5-12(15)11-19)21-17(23)14-4-3-7-20-16(14)22-8-1-2-9-22/h3-7,10H,1-2,8-9H2,(H,21,23)/p+1. The topological polar surface area (TPSA) is 70.3 Å². The first-order valence-electron chi connectivity index (χ1n) is 7.45. The van der Waals surface area contributed by atoms with Crippen LogP contribution in [0.2, 0.25) is 5.02 Å². The van der Waals surface area contributed by atoms with Crippen molar-refractivity contribution in [2.24, 2.45) is 0 Å². The summed E-state index contributed by atoms with van der Waals surface area (Å²) in [4.78, 5) is 17.9. The summed E-state index contributed by atoms with van der Waals surface area (Å²) in [6.45, 7) is 1.90. The second kappa shape index (κ2) is 6.67. The zero-order chi connectivity index (χ0) is 16.2. The predicted molar refractivity (Wildman–Crippen MR) is 88.6 cm³/mol. The van der Waals surface area contributed by atoms with Gasteiger partial charge in [0.15, 0.2) is 0 Å². The van der Waals surface area contributed by atoms with E-state index < -0.39 is 0 Å². The van der Waals surface area contributed by atoms with Gasteiger partial charge in [-0.2, -0.15) is 5.26 Å².